The third-order valence-corrected chi connectivity index (χ3v) is 15.7. The molecule has 0 spiro atoms. The number of hydrogen-bond donors (Lipinski definition) is 5. The summed E-state index contributed by atoms with van der Waals surface area (Å²) in [6.07, 6.45) is 35.5. The number of phosphoric ester groups is 2. The number of aromatic nitrogens is 2. The van der Waals surface area contributed by atoms with E-state index < -0.39 is 83.7 Å². The van der Waals surface area contributed by atoms with Gasteiger partial charge in [-0.05, 0) is 56.9 Å². The van der Waals surface area contributed by atoms with E-state index in [2.05, 4.69) is 54.4 Å². The summed E-state index contributed by atoms with van der Waals surface area (Å²) >= 11 is 0. The Labute approximate surface area is 446 Å². The number of aliphatic hydroxyl groups is 2. The van der Waals surface area contributed by atoms with Crippen molar-refractivity contribution >= 4 is 33.4 Å². The number of hydrogen-bond acceptors (Lipinski definition) is 16. The van der Waals surface area contributed by atoms with Gasteiger partial charge in [-0.15, -0.1) is 0 Å². The molecule has 1 aromatic heterocycles. The standard InChI is InChI=1S/C54H93N3O16P2/c1-4-5-28-34-45-46(71-45)35-30-25-21-17-14-15-19-23-27-32-37-50(59)70-44(40-67-49(58)36-31-26-22-18-13-11-9-7-6-8-10-12-16-20-24-29-33-43(2)3)41-68-74(63,64)73-75(65,66)69-42-47-51(60)52(61)53(72-47)57-39-38-48(55)56-54(57)62/h14,17,19,23,25,30,38-39,43-47,51-53,60-61H,4-13,15-16,18,20-22,24,26-29,31-37,40-42H2,1-3H3,(H,63,64)(H,65,66)(H2,55,56,62)/b17-14-,23-19-,30-25-/t44-,45?,46?,47-,51-,52-,53-/m1/s1. The zero-order valence-electron chi connectivity index (χ0n) is 45.2. The van der Waals surface area contributed by atoms with E-state index in [1.807, 2.05) is 12.2 Å². The van der Waals surface area contributed by atoms with E-state index in [9.17, 15) is 43.5 Å². The number of nitrogen functional groups attached to an aromatic ring is 1. The number of allylic oxidation sites excluding steroid dienone is 5. The summed E-state index contributed by atoms with van der Waals surface area (Å²) in [7, 11) is -10.9. The molecule has 21 heteroatoms. The molecule has 3 heterocycles. The highest BCUT2D eigenvalue weighted by Gasteiger charge is 2.46. The summed E-state index contributed by atoms with van der Waals surface area (Å²) in [5, 5.41) is 20.9. The molecule has 2 saturated heterocycles. The number of nitrogens with zero attached hydrogens (tertiary/aromatic N) is 2. The molecule has 3 rings (SSSR count). The Morgan fingerprint density at radius 3 is 1.89 bits per heavy atom. The van der Waals surface area contributed by atoms with Crippen molar-refractivity contribution in [2.75, 3.05) is 25.6 Å². The van der Waals surface area contributed by atoms with E-state index >= 15 is 0 Å². The van der Waals surface area contributed by atoms with Gasteiger partial charge in [-0.25, -0.2) is 13.9 Å². The molecule has 75 heavy (non-hydrogen) atoms. The lowest BCUT2D eigenvalue weighted by Crippen LogP contribution is -2.36. The molecular formula is C54H93N3O16P2. The van der Waals surface area contributed by atoms with Gasteiger partial charge in [-0.2, -0.15) is 9.29 Å². The zero-order chi connectivity index (χ0) is 54.7. The highest BCUT2D eigenvalue weighted by molar-refractivity contribution is 7.61. The predicted octanol–water partition coefficient (Wildman–Crippen LogP) is 11.2. The average molecular weight is 1100 g/mol. The monoisotopic (exact) mass is 1100 g/mol. The van der Waals surface area contributed by atoms with Gasteiger partial charge >= 0.3 is 33.3 Å². The number of anilines is 1. The Morgan fingerprint density at radius 2 is 1.28 bits per heavy atom. The normalized spacial score (nSPS) is 21.8. The molecule has 0 amide bonds. The van der Waals surface area contributed by atoms with Crippen molar-refractivity contribution in [3.05, 3.63) is 59.2 Å². The second-order valence-corrected chi connectivity index (χ2v) is 23.3. The van der Waals surface area contributed by atoms with E-state index in [0.29, 0.717) is 31.5 Å². The fourth-order valence-corrected chi connectivity index (χ4v) is 10.8. The van der Waals surface area contributed by atoms with Gasteiger partial charge in [0.15, 0.2) is 12.3 Å². The number of unbranched alkanes of at least 4 members (excludes halogenated alkanes) is 18. The minimum absolute atomic E-state index is 0.0282. The van der Waals surface area contributed by atoms with Gasteiger partial charge in [0.1, 0.15) is 30.7 Å². The number of esters is 2. The molecule has 430 valence electrons. The number of aliphatic hydroxyl groups excluding tert-OH is 2. The van der Waals surface area contributed by atoms with Crippen molar-refractivity contribution in [2.45, 2.75) is 243 Å². The van der Waals surface area contributed by atoms with Gasteiger partial charge in [0, 0.05) is 19.0 Å². The molecule has 0 bridgehead atoms. The predicted molar refractivity (Wildman–Crippen MR) is 288 cm³/mol. The van der Waals surface area contributed by atoms with Crippen molar-refractivity contribution in [1.82, 2.24) is 9.55 Å². The molecular weight excluding hydrogens is 1010 g/mol. The van der Waals surface area contributed by atoms with E-state index in [1.165, 1.54) is 102 Å². The van der Waals surface area contributed by atoms with Crippen LogP contribution in [0.1, 0.15) is 207 Å². The van der Waals surface area contributed by atoms with Crippen LogP contribution in [0.3, 0.4) is 0 Å². The van der Waals surface area contributed by atoms with Crippen molar-refractivity contribution < 1.29 is 71.0 Å². The Kier molecular flexibility index (Phi) is 34.0. The Hall–Kier alpha value is -3.06. The molecule has 9 atom stereocenters. The first-order chi connectivity index (χ1) is 36.0. The third kappa shape index (κ3) is 31.2. The SMILES string of the molecule is CCCCCC1OC1C/C=C\C/C=C\C/C=C\CCCC(=O)O[C@H](COC(=O)CCCCCCCCCCCCCCCCCCC(C)C)COP(=O)(O)OP(=O)(O)OC[C@H]1O[C@@H](n2ccc(N)nc2=O)[C@H](O)[C@@H]1O. The third-order valence-electron chi connectivity index (χ3n) is 13.1. The van der Waals surface area contributed by atoms with Gasteiger partial charge in [0.2, 0.25) is 0 Å². The van der Waals surface area contributed by atoms with Crippen LogP contribution in [-0.4, -0.2) is 97.9 Å². The van der Waals surface area contributed by atoms with Crippen molar-refractivity contribution in [2.24, 2.45) is 5.92 Å². The van der Waals surface area contributed by atoms with Crippen LogP contribution in [0, 0.1) is 5.92 Å². The van der Waals surface area contributed by atoms with Crippen LogP contribution in [0.2, 0.25) is 0 Å². The lowest BCUT2D eigenvalue weighted by molar-refractivity contribution is -0.161. The van der Waals surface area contributed by atoms with Crippen LogP contribution in [0.25, 0.3) is 0 Å². The maximum Gasteiger partial charge on any atom is 0.481 e. The van der Waals surface area contributed by atoms with Crippen LogP contribution < -0.4 is 11.4 Å². The maximum atomic E-state index is 12.9. The van der Waals surface area contributed by atoms with Crippen molar-refractivity contribution in [3.8, 4) is 0 Å². The van der Waals surface area contributed by atoms with Gasteiger partial charge in [-0.3, -0.25) is 23.2 Å². The first kappa shape index (κ1) is 66.2. The highest BCUT2D eigenvalue weighted by atomic mass is 31.3. The van der Waals surface area contributed by atoms with Gasteiger partial charge in [0.05, 0.1) is 25.4 Å². The molecule has 0 radical (unpaired) electrons. The molecule has 2 fully saturated rings. The summed E-state index contributed by atoms with van der Waals surface area (Å²) < 4.78 is 62.6. The van der Waals surface area contributed by atoms with Crippen molar-refractivity contribution in [3.63, 3.8) is 0 Å². The zero-order valence-corrected chi connectivity index (χ0v) is 47.0. The molecule has 2 aliphatic rings. The van der Waals surface area contributed by atoms with E-state index in [1.54, 1.807) is 0 Å². The maximum absolute atomic E-state index is 12.9. The summed E-state index contributed by atoms with van der Waals surface area (Å²) in [6, 6.07) is 1.25. The van der Waals surface area contributed by atoms with Gasteiger partial charge < -0.3 is 44.7 Å². The van der Waals surface area contributed by atoms with E-state index in [-0.39, 0.29) is 18.7 Å². The fraction of sp³-hybridized carbons (Fsp3) is 0.778. The highest BCUT2D eigenvalue weighted by Crippen LogP contribution is 2.60. The molecule has 4 unspecified atom stereocenters. The van der Waals surface area contributed by atoms with Crippen LogP contribution in [0.15, 0.2) is 53.5 Å². The second-order valence-electron chi connectivity index (χ2n) is 20.3. The fourth-order valence-electron chi connectivity index (χ4n) is 8.64. The number of carbonyl (C=O) groups is 2. The number of carbonyl (C=O) groups excluding carboxylic acids is 2. The summed E-state index contributed by atoms with van der Waals surface area (Å²) in [6.45, 7) is 4.43. The number of rotatable bonds is 45. The summed E-state index contributed by atoms with van der Waals surface area (Å²) in [5.74, 6) is -0.552. The van der Waals surface area contributed by atoms with Gasteiger partial charge in [0.25, 0.3) is 0 Å². The van der Waals surface area contributed by atoms with E-state index in [0.717, 1.165) is 68.0 Å². The lowest BCUT2D eigenvalue weighted by atomic mass is 10.0. The topological polar surface area (TPSA) is 278 Å². The molecule has 19 nitrogen and oxygen atoms in total. The Bertz CT molecular complexity index is 1980. The van der Waals surface area contributed by atoms with Crippen LogP contribution in [0.5, 0.6) is 0 Å². The Morgan fingerprint density at radius 1 is 0.707 bits per heavy atom. The van der Waals surface area contributed by atoms with Crippen LogP contribution >= 0.6 is 15.6 Å². The summed E-state index contributed by atoms with van der Waals surface area (Å²) in [4.78, 5) is 62.1. The number of ether oxygens (including phenoxy) is 4. The smallest absolute Gasteiger partial charge is 0.462 e. The van der Waals surface area contributed by atoms with Crippen LogP contribution in [0.4, 0.5) is 5.82 Å². The molecule has 6 N–H and O–H groups in total. The second kappa shape index (κ2) is 38.5. The summed E-state index contributed by atoms with van der Waals surface area (Å²) in [5.41, 5.74) is 4.59. The Balaban J connectivity index is 1.37. The average Bonchev–Trinajstić information content (AvgIpc) is 4.05. The number of epoxide rings is 1. The largest absolute Gasteiger partial charge is 0.481 e. The first-order valence-electron chi connectivity index (χ1n) is 28.0. The van der Waals surface area contributed by atoms with Gasteiger partial charge in [-0.1, -0.05) is 179 Å². The molecule has 2 aliphatic heterocycles. The minimum Gasteiger partial charge on any atom is -0.462 e. The number of phosphoric acid groups is 2. The van der Waals surface area contributed by atoms with Crippen LogP contribution in [-0.2, 0) is 51.0 Å². The van der Waals surface area contributed by atoms with E-state index in [4.69, 9.17) is 33.7 Å². The molecule has 0 saturated carbocycles. The molecule has 0 aliphatic carbocycles. The molecule has 0 aromatic carbocycles. The lowest BCUT2D eigenvalue weighted by Gasteiger charge is -2.21. The first-order valence-corrected chi connectivity index (χ1v) is 31.0. The minimum atomic E-state index is -5.44. The number of nitrogens with two attached hydrogens (primary N) is 1. The molecule has 1 aromatic rings. The quantitative estimate of drug-likeness (QED) is 0.0133. The van der Waals surface area contributed by atoms with Crippen molar-refractivity contribution in [1.29, 1.82) is 0 Å².